The first-order chi connectivity index (χ1) is 14.9. The van der Waals surface area contributed by atoms with Crippen LogP contribution < -0.4 is 14.5 Å². The molecule has 9 heteroatoms. The second-order valence-electron chi connectivity index (χ2n) is 6.96. The number of hydrogen-bond donors (Lipinski definition) is 0. The van der Waals surface area contributed by atoms with E-state index in [2.05, 4.69) is 0 Å². The molecule has 1 amide bonds. The van der Waals surface area contributed by atoms with Crippen LogP contribution >= 0.6 is 11.3 Å². The van der Waals surface area contributed by atoms with Gasteiger partial charge in [-0.2, -0.15) is 0 Å². The summed E-state index contributed by atoms with van der Waals surface area (Å²) in [4.78, 5) is 39.8. The Balaban J connectivity index is 1.91. The van der Waals surface area contributed by atoms with Crippen molar-refractivity contribution < 1.29 is 23.5 Å². The summed E-state index contributed by atoms with van der Waals surface area (Å²) in [6.07, 6.45) is 0.0913. The van der Waals surface area contributed by atoms with Crippen LogP contribution in [0.1, 0.15) is 22.8 Å². The second kappa shape index (κ2) is 8.35. The Bertz CT molecular complexity index is 1200. The van der Waals surface area contributed by atoms with E-state index in [1.807, 2.05) is 0 Å². The fraction of sp³-hybridized carbons (Fsp3) is 0.227. The van der Waals surface area contributed by atoms with Crippen molar-refractivity contribution in [3.63, 3.8) is 0 Å². The van der Waals surface area contributed by atoms with Crippen molar-refractivity contribution in [1.82, 2.24) is 4.57 Å². The molecule has 1 aliphatic heterocycles. The molecule has 31 heavy (non-hydrogen) atoms. The minimum atomic E-state index is -0.607. The molecule has 1 aromatic heterocycles. The first-order valence-electron chi connectivity index (χ1n) is 9.45. The zero-order valence-corrected chi connectivity index (χ0v) is 17.6. The number of ether oxygens (including phenoxy) is 2. The molecule has 4 rings (SSSR count). The van der Waals surface area contributed by atoms with Crippen molar-refractivity contribution in [2.75, 3.05) is 19.1 Å². The zero-order valence-electron chi connectivity index (χ0n) is 16.8. The Hall–Kier alpha value is -3.46. The standard InChI is InChI=1S/C22H19FN2O5S/c1-29-16-5-3-4-15(10-16)25-18(26)11-17(13-6-8-14(23)9-7-13)20-21(25)24(22(28)31-20)12-19(27)30-2/h3-10,17H,11-12H2,1-2H3/t17-/m1/s1. The second-order valence-corrected chi connectivity index (χ2v) is 7.95. The summed E-state index contributed by atoms with van der Waals surface area (Å²) < 4.78 is 24.7. The maximum absolute atomic E-state index is 13.4. The molecular weight excluding hydrogens is 423 g/mol. The highest BCUT2D eigenvalue weighted by Gasteiger charge is 2.38. The number of methoxy groups -OCH3 is 2. The lowest BCUT2D eigenvalue weighted by molar-refractivity contribution is -0.141. The number of nitrogens with zero attached hydrogens (tertiary/aromatic N) is 2. The van der Waals surface area contributed by atoms with E-state index >= 15 is 0 Å². The van der Waals surface area contributed by atoms with Gasteiger partial charge in [0.15, 0.2) is 0 Å². The van der Waals surface area contributed by atoms with Crippen molar-refractivity contribution in [3.8, 4) is 5.75 Å². The third-order valence-electron chi connectivity index (χ3n) is 5.15. The summed E-state index contributed by atoms with van der Waals surface area (Å²) >= 11 is 0.968. The normalized spacial score (nSPS) is 15.5. The van der Waals surface area contributed by atoms with Gasteiger partial charge in [-0.1, -0.05) is 29.5 Å². The monoisotopic (exact) mass is 442 g/mol. The fourth-order valence-electron chi connectivity index (χ4n) is 3.66. The zero-order chi connectivity index (χ0) is 22.1. The Morgan fingerprint density at radius 1 is 1.16 bits per heavy atom. The fourth-order valence-corrected chi connectivity index (χ4v) is 4.77. The van der Waals surface area contributed by atoms with Crippen LogP contribution in [-0.2, 0) is 20.9 Å². The van der Waals surface area contributed by atoms with Crippen LogP contribution in [-0.4, -0.2) is 30.7 Å². The third-order valence-corrected chi connectivity index (χ3v) is 6.23. The molecule has 0 N–H and O–H groups in total. The summed E-state index contributed by atoms with van der Waals surface area (Å²) in [6, 6.07) is 12.7. The maximum atomic E-state index is 13.4. The first-order valence-corrected chi connectivity index (χ1v) is 10.3. The maximum Gasteiger partial charge on any atom is 0.325 e. The van der Waals surface area contributed by atoms with E-state index in [9.17, 15) is 18.8 Å². The number of hydrogen-bond acceptors (Lipinski definition) is 6. The van der Waals surface area contributed by atoms with Gasteiger partial charge >= 0.3 is 10.8 Å². The molecule has 1 aliphatic rings. The SMILES string of the molecule is COC(=O)Cn1c2c(sc1=O)[C@@H](c1ccc(F)cc1)CC(=O)N2c1cccc(OC)c1. The number of benzene rings is 2. The van der Waals surface area contributed by atoms with Gasteiger partial charge in [0, 0.05) is 18.4 Å². The Labute approximate surface area is 181 Å². The number of carbonyl (C=O) groups excluding carboxylic acids is 2. The number of fused-ring (bicyclic) bond motifs is 1. The predicted octanol–water partition coefficient (Wildman–Crippen LogP) is 3.43. The van der Waals surface area contributed by atoms with Crippen molar-refractivity contribution in [3.05, 3.63) is 74.5 Å². The topological polar surface area (TPSA) is 77.8 Å². The Morgan fingerprint density at radius 2 is 1.90 bits per heavy atom. The highest BCUT2D eigenvalue weighted by Crippen LogP contribution is 2.45. The smallest absolute Gasteiger partial charge is 0.325 e. The molecule has 160 valence electrons. The molecule has 2 heterocycles. The number of thiazole rings is 1. The Morgan fingerprint density at radius 3 is 2.58 bits per heavy atom. The molecule has 0 saturated carbocycles. The van der Waals surface area contributed by atoms with Gasteiger partial charge in [0.25, 0.3) is 0 Å². The molecule has 0 aliphatic carbocycles. The number of rotatable bonds is 5. The number of anilines is 2. The van der Waals surface area contributed by atoms with Crippen LogP contribution in [0.5, 0.6) is 5.75 Å². The highest BCUT2D eigenvalue weighted by molar-refractivity contribution is 7.10. The van der Waals surface area contributed by atoms with Gasteiger partial charge < -0.3 is 9.47 Å². The summed E-state index contributed by atoms with van der Waals surface area (Å²) in [7, 11) is 2.75. The lowest BCUT2D eigenvalue weighted by Crippen LogP contribution is -2.36. The van der Waals surface area contributed by atoms with Crippen molar-refractivity contribution in [2.24, 2.45) is 0 Å². The lowest BCUT2D eigenvalue weighted by atomic mass is 9.90. The van der Waals surface area contributed by atoms with Gasteiger partial charge in [-0.05, 0) is 29.8 Å². The molecule has 0 radical (unpaired) electrons. The average Bonchev–Trinajstić information content (AvgIpc) is 3.09. The molecule has 7 nitrogen and oxygen atoms in total. The van der Waals surface area contributed by atoms with Gasteiger partial charge in [0.1, 0.15) is 23.9 Å². The van der Waals surface area contributed by atoms with Gasteiger partial charge in [-0.25, -0.2) is 4.39 Å². The van der Waals surface area contributed by atoms with Crippen LogP contribution in [0.3, 0.4) is 0 Å². The molecule has 0 saturated heterocycles. The van der Waals surface area contributed by atoms with E-state index < -0.39 is 11.9 Å². The summed E-state index contributed by atoms with van der Waals surface area (Å²) in [5.41, 5.74) is 1.23. The minimum Gasteiger partial charge on any atom is -0.497 e. The van der Waals surface area contributed by atoms with Crippen LogP contribution in [0.15, 0.2) is 53.3 Å². The molecule has 0 spiro atoms. The van der Waals surface area contributed by atoms with Gasteiger partial charge in [0.2, 0.25) is 5.91 Å². The number of amides is 1. The number of esters is 1. The van der Waals surface area contributed by atoms with Crippen LogP contribution in [0.4, 0.5) is 15.9 Å². The molecule has 0 unspecified atom stereocenters. The highest BCUT2D eigenvalue weighted by atomic mass is 32.1. The molecule has 1 atom stereocenters. The predicted molar refractivity (Wildman–Crippen MR) is 114 cm³/mol. The van der Waals surface area contributed by atoms with Gasteiger partial charge in [-0.3, -0.25) is 23.9 Å². The van der Waals surface area contributed by atoms with E-state index in [0.29, 0.717) is 27.7 Å². The van der Waals surface area contributed by atoms with E-state index in [-0.39, 0.29) is 29.6 Å². The van der Waals surface area contributed by atoms with Gasteiger partial charge in [-0.15, -0.1) is 0 Å². The Kier molecular flexibility index (Phi) is 5.60. The van der Waals surface area contributed by atoms with E-state index in [1.165, 1.54) is 35.8 Å². The van der Waals surface area contributed by atoms with Crippen LogP contribution in [0, 0.1) is 5.82 Å². The van der Waals surface area contributed by atoms with E-state index in [0.717, 1.165) is 11.3 Å². The summed E-state index contributed by atoms with van der Waals surface area (Å²) in [5.74, 6) is -0.818. The first kappa shape index (κ1) is 20.8. The van der Waals surface area contributed by atoms with E-state index in [4.69, 9.17) is 9.47 Å². The van der Waals surface area contributed by atoms with Crippen LogP contribution in [0.2, 0.25) is 0 Å². The van der Waals surface area contributed by atoms with Crippen molar-refractivity contribution in [2.45, 2.75) is 18.9 Å². The molecule has 3 aromatic rings. The number of halogens is 1. The van der Waals surface area contributed by atoms with Crippen molar-refractivity contribution >= 4 is 34.7 Å². The summed E-state index contributed by atoms with van der Waals surface area (Å²) in [6.45, 7) is -0.328. The minimum absolute atomic E-state index is 0.0913. The van der Waals surface area contributed by atoms with Crippen LogP contribution in [0.25, 0.3) is 0 Å². The number of aromatic nitrogens is 1. The third kappa shape index (κ3) is 3.84. The van der Waals surface area contributed by atoms with Crippen molar-refractivity contribution in [1.29, 1.82) is 0 Å². The van der Waals surface area contributed by atoms with E-state index in [1.54, 1.807) is 36.4 Å². The number of carbonyl (C=O) groups is 2. The molecular formula is C22H19FN2O5S. The average molecular weight is 442 g/mol. The molecule has 0 bridgehead atoms. The quantitative estimate of drug-likeness (QED) is 0.566. The molecule has 0 fully saturated rings. The lowest BCUT2D eigenvalue weighted by Gasteiger charge is -2.32. The molecule has 2 aromatic carbocycles. The largest absolute Gasteiger partial charge is 0.497 e. The van der Waals surface area contributed by atoms with Gasteiger partial charge in [0.05, 0.1) is 24.8 Å². The summed E-state index contributed by atoms with van der Waals surface area (Å²) in [5, 5.41) is 0.